The zero-order valence-corrected chi connectivity index (χ0v) is 10.6. The molecule has 0 bridgehead atoms. The molecule has 0 amide bonds. The Kier molecular flexibility index (Phi) is 3.97. The number of halogens is 3. The van der Waals surface area contributed by atoms with Gasteiger partial charge in [0.25, 0.3) is 5.78 Å². The van der Waals surface area contributed by atoms with E-state index in [1.54, 1.807) is 30.3 Å². The molecule has 1 N–H and O–H groups in total. The first-order valence-corrected chi connectivity index (χ1v) is 6.19. The second-order valence-electron chi connectivity index (χ2n) is 4.59. The number of carbonyl (C=O) groups excluding carboxylic acids is 1. The van der Waals surface area contributed by atoms with Crippen LogP contribution in [0.3, 0.4) is 0 Å². The number of hydrogen-bond acceptors (Lipinski definition) is 2. The highest BCUT2D eigenvalue weighted by molar-refractivity contribution is 6.00. The number of rotatable bonds is 2. The van der Waals surface area contributed by atoms with Gasteiger partial charge in [0.05, 0.1) is 0 Å². The summed E-state index contributed by atoms with van der Waals surface area (Å²) in [6.07, 6.45) is -2.51. The van der Waals surface area contributed by atoms with Crippen molar-refractivity contribution >= 4 is 11.9 Å². The maximum absolute atomic E-state index is 12.4. The van der Waals surface area contributed by atoms with Crippen molar-refractivity contribution in [3.05, 3.63) is 52.8 Å². The molecule has 0 unspecified atom stereocenters. The summed E-state index contributed by atoms with van der Waals surface area (Å²) in [5.41, 5.74) is 0.607. The molecule has 1 aromatic carbocycles. The highest BCUT2D eigenvalue weighted by Crippen LogP contribution is 2.33. The fraction of sp³-hybridized carbons (Fsp3) is 0.267. The molecule has 0 fully saturated rings. The lowest BCUT2D eigenvalue weighted by atomic mass is 9.89. The van der Waals surface area contributed by atoms with E-state index in [1.165, 1.54) is 0 Å². The minimum absolute atomic E-state index is 0.0453. The van der Waals surface area contributed by atoms with Gasteiger partial charge in [-0.25, -0.2) is 0 Å². The van der Waals surface area contributed by atoms with E-state index in [9.17, 15) is 23.1 Å². The maximum atomic E-state index is 12.4. The molecule has 1 aromatic rings. The molecule has 20 heavy (non-hydrogen) atoms. The van der Waals surface area contributed by atoms with Gasteiger partial charge >= 0.3 is 6.18 Å². The van der Waals surface area contributed by atoms with E-state index in [4.69, 9.17) is 0 Å². The van der Waals surface area contributed by atoms with Crippen molar-refractivity contribution in [3.63, 3.8) is 0 Å². The first-order valence-electron chi connectivity index (χ1n) is 6.19. The van der Waals surface area contributed by atoms with Crippen LogP contribution in [-0.2, 0) is 4.79 Å². The van der Waals surface area contributed by atoms with Crippen molar-refractivity contribution < 1.29 is 23.1 Å². The number of benzene rings is 1. The van der Waals surface area contributed by atoms with Gasteiger partial charge in [-0.15, -0.1) is 0 Å². The average molecular weight is 282 g/mol. The highest BCUT2D eigenvalue weighted by Gasteiger charge is 2.42. The first-order chi connectivity index (χ1) is 9.39. The van der Waals surface area contributed by atoms with Crippen molar-refractivity contribution in [2.75, 3.05) is 0 Å². The van der Waals surface area contributed by atoms with E-state index in [0.717, 1.165) is 5.56 Å². The Morgan fingerprint density at radius 3 is 2.40 bits per heavy atom. The molecular formula is C15H13F3O2. The third-order valence-corrected chi connectivity index (χ3v) is 3.13. The number of carbonyl (C=O) groups is 1. The summed E-state index contributed by atoms with van der Waals surface area (Å²) in [4.78, 5) is 11.3. The molecule has 1 aliphatic rings. The SMILES string of the molecule is O=C(C1=C(O)C(=Cc2ccccc2)CCC1)C(F)(F)F. The number of hydrogen-bond donors (Lipinski definition) is 1. The largest absolute Gasteiger partial charge is 0.507 e. The van der Waals surface area contributed by atoms with Crippen molar-refractivity contribution in [3.8, 4) is 0 Å². The predicted molar refractivity (Wildman–Crippen MR) is 69.0 cm³/mol. The monoisotopic (exact) mass is 282 g/mol. The van der Waals surface area contributed by atoms with Crippen LogP contribution in [0.4, 0.5) is 13.2 Å². The summed E-state index contributed by atoms with van der Waals surface area (Å²) in [5, 5.41) is 9.91. The number of ketones is 1. The molecule has 0 saturated carbocycles. The lowest BCUT2D eigenvalue weighted by Gasteiger charge is -2.19. The molecule has 0 heterocycles. The fourth-order valence-electron chi connectivity index (χ4n) is 2.17. The zero-order chi connectivity index (χ0) is 14.8. The van der Waals surface area contributed by atoms with Crippen molar-refractivity contribution in [1.29, 1.82) is 0 Å². The molecule has 0 radical (unpaired) electrons. The summed E-state index contributed by atoms with van der Waals surface area (Å²) in [5.74, 6) is -2.48. The maximum Gasteiger partial charge on any atom is 0.454 e. The fourth-order valence-corrected chi connectivity index (χ4v) is 2.17. The Morgan fingerprint density at radius 1 is 1.15 bits per heavy atom. The summed E-state index contributed by atoms with van der Waals surface area (Å²) >= 11 is 0. The molecule has 1 aliphatic carbocycles. The summed E-state index contributed by atoms with van der Waals surface area (Å²) in [6, 6.07) is 8.95. The Labute approximate surface area is 114 Å². The molecule has 2 rings (SSSR count). The molecule has 0 aliphatic heterocycles. The van der Waals surface area contributed by atoms with E-state index in [1.807, 2.05) is 6.07 Å². The molecule has 0 aromatic heterocycles. The van der Waals surface area contributed by atoms with Gasteiger partial charge in [0.1, 0.15) is 5.76 Å². The molecule has 0 spiro atoms. The minimum Gasteiger partial charge on any atom is -0.507 e. The van der Waals surface area contributed by atoms with Crippen LogP contribution in [0.5, 0.6) is 0 Å². The van der Waals surface area contributed by atoms with Gasteiger partial charge in [-0.05, 0) is 36.5 Å². The van der Waals surface area contributed by atoms with Crippen molar-refractivity contribution in [1.82, 2.24) is 0 Å². The van der Waals surface area contributed by atoms with E-state index in [-0.39, 0.29) is 6.42 Å². The molecule has 5 heteroatoms. The average Bonchev–Trinajstić information content (AvgIpc) is 2.40. The van der Waals surface area contributed by atoms with Crippen LogP contribution in [0.15, 0.2) is 47.2 Å². The van der Waals surface area contributed by atoms with Gasteiger partial charge in [-0.2, -0.15) is 13.2 Å². The van der Waals surface area contributed by atoms with Gasteiger partial charge in [0.2, 0.25) is 0 Å². The summed E-state index contributed by atoms with van der Waals surface area (Å²) < 4.78 is 37.3. The third-order valence-electron chi connectivity index (χ3n) is 3.13. The van der Waals surface area contributed by atoms with Gasteiger partial charge < -0.3 is 5.11 Å². The Balaban J connectivity index is 2.37. The number of aliphatic hydroxyl groups excluding tert-OH is 1. The Morgan fingerprint density at radius 2 is 1.80 bits per heavy atom. The quantitative estimate of drug-likeness (QED) is 0.882. The van der Waals surface area contributed by atoms with Crippen LogP contribution in [0.2, 0.25) is 0 Å². The summed E-state index contributed by atoms with van der Waals surface area (Å²) in [6.45, 7) is 0. The van der Waals surface area contributed by atoms with E-state index in [2.05, 4.69) is 0 Å². The number of Topliss-reactive ketones (excluding diaryl/α,β-unsaturated/α-hetero) is 1. The first kappa shape index (κ1) is 14.4. The van der Waals surface area contributed by atoms with Crippen molar-refractivity contribution in [2.24, 2.45) is 0 Å². The van der Waals surface area contributed by atoms with Crippen LogP contribution in [0.1, 0.15) is 24.8 Å². The van der Waals surface area contributed by atoms with Gasteiger partial charge in [-0.1, -0.05) is 30.3 Å². The van der Waals surface area contributed by atoms with Crippen LogP contribution in [0.25, 0.3) is 6.08 Å². The lowest BCUT2D eigenvalue weighted by Crippen LogP contribution is -2.27. The molecule has 0 saturated heterocycles. The van der Waals surface area contributed by atoms with Crippen molar-refractivity contribution in [2.45, 2.75) is 25.4 Å². The molecule has 0 atom stereocenters. The van der Waals surface area contributed by atoms with Crippen LogP contribution in [0, 0.1) is 0 Å². The minimum atomic E-state index is -4.95. The Bertz CT molecular complexity index is 569. The second kappa shape index (κ2) is 5.53. The van der Waals surface area contributed by atoms with E-state index in [0.29, 0.717) is 18.4 Å². The molecule has 2 nitrogen and oxygen atoms in total. The normalized spacial score (nSPS) is 18.4. The van der Waals surface area contributed by atoms with E-state index < -0.39 is 23.3 Å². The lowest BCUT2D eigenvalue weighted by molar-refractivity contribution is -0.167. The number of alkyl halides is 3. The molecule has 106 valence electrons. The predicted octanol–water partition coefficient (Wildman–Crippen LogP) is 4.20. The Hall–Kier alpha value is -2.04. The van der Waals surface area contributed by atoms with Crippen LogP contribution < -0.4 is 0 Å². The smallest absolute Gasteiger partial charge is 0.454 e. The van der Waals surface area contributed by atoms with Gasteiger partial charge in [0.15, 0.2) is 0 Å². The van der Waals surface area contributed by atoms with Gasteiger partial charge in [-0.3, -0.25) is 4.79 Å². The van der Waals surface area contributed by atoms with Crippen LogP contribution >= 0.6 is 0 Å². The third kappa shape index (κ3) is 3.10. The van der Waals surface area contributed by atoms with Gasteiger partial charge in [0, 0.05) is 5.57 Å². The summed E-state index contributed by atoms with van der Waals surface area (Å²) in [7, 11) is 0. The number of aliphatic hydroxyl groups is 1. The number of allylic oxidation sites excluding steroid dienone is 2. The second-order valence-corrected chi connectivity index (χ2v) is 4.59. The topological polar surface area (TPSA) is 37.3 Å². The van der Waals surface area contributed by atoms with E-state index >= 15 is 0 Å². The van der Waals surface area contributed by atoms with Crippen LogP contribution in [-0.4, -0.2) is 17.1 Å². The zero-order valence-electron chi connectivity index (χ0n) is 10.6. The highest BCUT2D eigenvalue weighted by atomic mass is 19.4. The standard InChI is InChI=1S/C15H13F3O2/c16-15(17,18)14(20)12-8-4-7-11(13(12)19)9-10-5-2-1-3-6-10/h1-3,5-6,9,19H,4,7-8H2. The molecular weight excluding hydrogens is 269 g/mol.